The Morgan fingerprint density at radius 3 is 2.82 bits per heavy atom. The molecule has 3 aromatic rings. The number of nitrogens with zero attached hydrogens (tertiary/aromatic N) is 5. The van der Waals surface area contributed by atoms with Gasteiger partial charge in [0.25, 0.3) is 0 Å². The highest BCUT2D eigenvalue weighted by atomic mass is 16.5. The molecule has 0 aliphatic heterocycles. The highest BCUT2D eigenvalue weighted by Crippen LogP contribution is 2.30. The fourth-order valence-electron chi connectivity index (χ4n) is 3.53. The Morgan fingerprint density at radius 2 is 2.00 bits per heavy atom. The van der Waals surface area contributed by atoms with Crippen molar-refractivity contribution in [3.8, 4) is 22.7 Å². The molecule has 0 unspecified atom stereocenters. The molecule has 1 aromatic carbocycles. The Hall–Kier alpha value is -3.24. The van der Waals surface area contributed by atoms with Crippen LogP contribution in [0, 0.1) is 12.5 Å². The Labute approximate surface area is 164 Å². The van der Waals surface area contributed by atoms with Gasteiger partial charge in [0, 0.05) is 17.8 Å². The first kappa shape index (κ1) is 18.1. The van der Waals surface area contributed by atoms with E-state index >= 15 is 0 Å². The van der Waals surface area contributed by atoms with Crippen LogP contribution in [0.15, 0.2) is 49.2 Å². The summed E-state index contributed by atoms with van der Waals surface area (Å²) in [6.45, 7) is 7.98. The second kappa shape index (κ2) is 8.19. The van der Waals surface area contributed by atoms with Crippen molar-refractivity contribution in [1.82, 2.24) is 19.7 Å². The van der Waals surface area contributed by atoms with E-state index in [1.54, 1.807) is 23.1 Å². The van der Waals surface area contributed by atoms with Gasteiger partial charge in [-0.15, -0.1) is 0 Å². The molecule has 1 aliphatic carbocycles. The molecule has 7 heteroatoms. The van der Waals surface area contributed by atoms with Gasteiger partial charge in [0.2, 0.25) is 5.69 Å². The Kier molecular flexibility index (Phi) is 5.31. The lowest BCUT2D eigenvalue weighted by Gasteiger charge is -2.26. The number of ether oxygens (including phenoxy) is 1. The minimum absolute atomic E-state index is 0.330. The zero-order chi connectivity index (χ0) is 19.3. The molecule has 1 saturated carbocycles. The van der Waals surface area contributed by atoms with Crippen molar-refractivity contribution in [2.75, 3.05) is 6.61 Å². The number of rotatable bonds is 5. The van der Waals surface area contributed by atoms with E-state index in [9.17, 15) is 0 Å². The molecule has 142 valence electrons. The first-order chi connectivity index (χ1) is 13.7. The molecule has 2 aromatic heterocycles. The topological polar surface area (TPSA) is 83.2 Å². The van der Waals surface area contributed by atoms with Gasteiger partial charge in [0.05, 0.1) is 31.3 Å². The molecule has 4 rings (SSSR count). The van der Waals surface area contributed by atoms with Gasteiger partial charge in [-0.3, -0.25) is 4.68 Å². The minimum Gasteiger partial charge on any atom is -0.489 e. The van der Waals surface area contributed by atoms with E-state index in [2.05, 4.69) is 19.9 Å². The van der Waals surface area contributed by atoms with Crippen LogP contribution in [0.4, 0.5) is 5.69 Å². The second-order valence-electron chi connectivity index (χ2n) is 7.10. The Balaban J connectivity index is 1.54. The summed E-state index contributed by atoms with van der Waals surface area (Å²) in [5.74, 6) is 1.16. The minimum atomic E-state index is 0.330. The number of benzene rings is 1. The fraction of sp³-hybridized carbons (Fsp3) is 0.333. The molecule has 28 heavy (non-hydrogen) atoms. The number of nitrogens with two attached hydrogens (primary N) is 1. The monoisotopic (exact) mass is 374 g/mol. The molecule has 0 radical (unpaired) electrons. The second-order valence-corrected chi connectivity index (χ2v) is 7.10. The van der Waals surface area contributed by atoms with Gasteiger partial charge >= 0.3 is 0 Å². The number of aromatic nitrogens is 4. The molecular formula is C21H22N6O. The van der Waals surface area contributed by atoms with E-state index in [0.29, 0.717) is 35.7 Å². The number of para-hydroxylation sites is 2. The number of hydrogen-bond donors (Lipinski definition) is 1. The third-order valence-corrected chi connectivity index (χ3v) is 5.15. The summed E-state index contributed by atoms with van der Waals surface area (Å²) < 4.78 is 7.77. The maximum Gasteiger partial charge on any atom is 0.212 e. The summed E-state index contributed by atoms with van der Waals surface area (Å²) in [4.78, 5) is 12.1. The number of hydrogen-bond acceptors (Lipinski definition) is 5. The van der Waals surface area contributed by atoms with Crippen LogP contribution in [0.2, 0.25) is 0 Å². The lowest BCUT2D eigenvalue weighted by atomic mass is 9.87. The van der Waals surface area contributed by atoms with Gasteiger partial charge in [-0.1, -0.05) is 18.2 Å². The van der Waals surface area contributed by atoms with Crippen LogP contribution in [0.25, 0.3) is 21.8 Å². The van der Waals surface area contributed by atoms with Crippen LogP contribution in [0.3, 0.4) is 0 Å². The summed E-state index contributed by atoms with van der Waals surface area (Å²) in [6, 6.07) is 7.71. The Bertz CT molecular complexity index is 984. The van der Waals surface area contributed by atoms with Gasteiger partial charge in [0.1, 0.15) is 12.0 Å². The molecule has 0 atom stereocenters. The quantitative estimate of drug-likeness (QED) is 0.687. The summed E-state index contributed by atoms with van der Waals surface area (Å²) in [7, 11) is 0. The van der Waals surface area contributed by atoms with E-state index in [0.717, 1.165) is 36.9 Å². The highest BCUT2D eigenvalue weighted by Gasteiger charge is 2.20. The zero-order valence-corrected chi connectivity index (χ0v) is 15.5. The predicted molar refractivity (Wildman–Crippen MR) is 106 cm³/mol. The normalized spacial score (nSPS) is 19.1. The van der Waals surface area contributed by atoms with Crippen molar-refractivity contribution in [3.05, 3.63) is 60.6 Å². The van der Waals surface area contributed by atoms with Crippen molar-refractivity contribution < 1.29 is 4.74 Å². The molecule has 1 aliphatic rings. The molecule has 1 fully saturated rings. The van der Waals surface area contributed by atoms with E-state index in [4.69, 9.17) is 17.0 Å². The van der Waals surface area contributed by atoms with Gasteiger partial charge in [0.15, 0.2) is 5.75 Å². The van der Waals surface area contributed by atoms with Crippen molar-refractivity contribution in [1.29, 1.82) is 0 Å². The molecule has 0 amide bonds. The summed E-state index contributed by atoms with van der Waals surface area (Å²) >= 11 is 0. The van der Waals surface area contributed by atoms with Gasteiger partial charge < -0.3 is 10.5 Å². The van der Waals surface area contributed by atoms with Gasteiger partial charge in [-0.2, -0.15) is 5.10 Å². The third-order valence-electron chi connectivity index (χ3n) is 5.15. The molecule has 2 N–H and O–H groups in total. The molecule has 0 saturated heterocycles. The van der Waals surface area contributed by atoms with Crippen LogP contribution in [0.1, 0.15) is 25.7 Å². The zero-order valence-electron chi connectivity index (χ0n) is 15.5. The predicted octanol–water partition coefficient (Wildman–Crippen LogP) is 3.78. The lowest BCUT2D eigenvalue weighted by Crippen LogP contribution is -2.28. The van der Waals surface area contributed by atoms with E-state index in [-0.39, 0.29) is 0 Å². The van der Waals surface area contributed by atoms with E-state index in [1.807, 2.05) is 24.4 Å². The van der Waals surface area contributed by atoms with Gasteiger partial charge in [-0.05, 0) is 37.7 Å². The summed E-state index contributed by atoms with van der Waals surface area (Å²) in [5.41, 5.74) is 8.79. The molecule has 7 nitrogen and oxygen atoms in total. The van der Waals surface area contributed by atoms with Crippen LogP contribution >= 0.6 is 0 Å². The van der Waals surface area contributed by atoms with Crippen LogP contribution < -0.4 is 10.5 Å². The van der Waals surface area contributed by atoms with Gasteiger partial charge in [-0.25, -0.2) is 14.8 Å². The first-order valence-corrected chi connectivity index (χ1v) is 9.45. The molecule has 0 bridgehead atoms. The Morgan fingerprint density at radius 1 is 1.18 bits per heavy atom. The molecule has 0 spiro atoms. The highest BCUT2D eigenvalue weighted by molar-refractivity contribution is 5.66. The largest absolute Gasteiger partial charge is 0.489 e. The first-order valence-electron chi connectivity index (χ1n) is 9.45. The SMILES string of the molecule is [C-]#[N+]c1ccccc1-n1cc(-c2ncncc2OCC2CCC(N)CC2)cn1. The summed E-state index contributed by atoms with van der Waals surface area (Å²) in [6.07, 6.45) is 11.1. The lowest BCUT2D eigenvalue weighted by molar-refractivity contribution is 0.200. The van der Waals surface area contributed by atoms with Crippen LogP contribution in [0.5, 0.6) is 5.75 Å². The summed E-state index contributed by atoms with van der Waals surface area (Å²) in [5, 5.41) is 4.41. The average molecular weight is 374 g/mol. The van der Waals surface area contributed by atoms with Crippen molar-refractivity contribution >= 4 is 5.69 Å². The van der Waals surface area contributed by atoms with E-state index in [1.165, 1.54) is 6.33 Å². The maximum atomic E-state index is 7.34. The van der Waals surface area contributed by atoms with E-state index < -0.39 is 0 Å². The van der Waals surface area contributed by atoms with Crippen LogP contribution in [-0.2, 0) is 0 Å². The fourth-order valence-corrected chi connectivity index (χ4v) is 3.53. The van der Waals surface area contributed by atoms with Crippen molar-refractivity contribution in [2.24, 2.45) is 11.7 Å². The molecule has 2 heterocycles. The standard InChI is InChI=1S/C21H22N6O/c1-23-18-4-2-3-5-19(18)27-12-16(10-26-27)21-20(11-24-14-25-21)28-13-15-6-8-17(22)9-7-15/h2-5,10-12,14-15,17H,6-9,13,22H2. The molecular weight excluding hydrogens is 352 g/mol. The van der Waals surface area contributed by atoms with Crippen molar-refractivity contribution in [3.63, 3.8) is 0 Å². The smallest absolute Gasteiger partial charge is 0.212 e. The van der Waals surface area contributed by atoms with Crippen LogP contribution in [-0.4, -0.2) is 32.4 Å². The third kappa shape index (κ3) is 3.87. The maximum absolute atomic E-state index is 7.34. The average Bonchev–Trinajstić information content (AvgIpc) is 3.23. The van der Waals surface area contributed by atoms with Crippen molar-refractivity contribution in [2.45, 2.75) is 31.7 Å².